The molecular weight excluding hydrogens is 461 g/mol. The SMILES string of the molecule is O=C(c1cc(Cl)ccc1I)N(CCBr)CC(F)(F)F. The van der Waals surface area contributed by atoms with Crippen LogP contribution < -0.4 is 0 Å². The van der Waals surface area contributed by atoms with Crippen molar-refractivity contribution in [3.63, 3.8) is 0 Å². The lowest BCUT2D eigenvalue weighted by Crippen LogP contribution is -2.40. The Morgan fingerprint density at radius 2 is 2.05 bits per heavy atom. The highest BCUT2D eigenvalue weighted by Crippen LogP contribution is 2.22. The van der Waals surface area contributed by atoms with Crippen LogP contribution in [0, 0.1) is 3.57 Å². The number of halogens is 6. The molecule has 0 aromatic heterocycles. The fourth-order valence-corrected chi connectivity index (χ4v) is 2.57. The van der Waals surface area contributed by atoms with Crippen LogP contribution >= 0.6 is 50.1 Å². The van der Waals surface area contributed by atoms with Gasteiger partial charge in [0.25, 0.3) is 5.91 Å². The van der Waals surface area contributed by atoms with Gasteiger partial charge in [-0.25, -0.2) is 0 Å². The lowest BCUT2D eigenvalue weighted by molar-refractivity contribution is -0.140. The standard InChI is InChI=1S/C11H9BrClF3INO/c12-3-4-18(6-11(14,15)16)10(19)8-5-7(13)1-2-9(8)17/h1-2,5H,3-4,6H2. The van der Waals surface area contributed by atoms with Crippen LogP contribution in [0.4, 0.5) is 13.2 Å². The molecule has 0 aliphatic rings. The predicted octanol–water partition coefficient (Wildman–Crippen LogP) is 4.34. The molecule has 0 heterocycles. The maximum Gasteiger partial charge on any atom is 0.406 e. The minimum atomic E-state index is -4.43. The Hall–Kier alpha value is -0.0200. The minimum absolute atomic E-state index is 0.0268. The third-order valence-corrected chi connectivity index (χ3v) is 3.70. The molecule has 1 aromatic carbocycles. The van der Waals surface area contributed by atoms with Crippen LogP contribution in [0.25, 0.3) is 0 Å². The summed E-state index contributed by atoms with van der Waals surface area (Å²) >= 11 is 10.7. The molecule has 0 N–H and O–H groups in total. The largest absolute Gasteiger partial charge is 0.406 e. The van der Waals surface area contributed by atoms with Crippen molar-refractivity contribution in [1.82, 2.24) is 4.90 Å². The molecule has 2 nitrogen and oxygen atoms in total. The molecule has 0 fully saturated rings. The van der Waals surface area contributed by atoms with E-state index in [0.29, 0.717) is 8.59 Å². The Morgan fingerprint density at radius 1 is 1.42 bits per heavy atom. The summed E-state index contributed by atoms with van der Waals surface area (Å²) in [6.45, 7) is -1.30. The fourth-order valence-electron chi connectivity index (χ4n) is 1.40. The average Bonchev–Trinajstić information content (AvgIpc) is 2.29. The summed E-state index contributed by atoms with van der Waals surface area (Å²) in [5.74, 6) is -0.677. The molecule has 1 amide bonds. The Bertz CT molecular complexity index is 470. The molecular formula is C11H9BrClF3INO. The van der Waals surface area contributed by atoms with E-state index in [0.717, 1.165) is 4.90 Å². The topological polar surface area (TPSA) is 20.3 Å². The highest BCUT2D eigenvalue weighted by Gasteiger charge is 2.33. The van der Waals surface area contributed by atoms with E-state index in [4.69, 9.17) is 11.6 Å². The van der Waals surface area contributed by atoms with Crippen molar-refractivity contribution < 1.29 is 18.0 Å². The highest BCUT2D eigenvalue weighted by molar-refractivity contribution is 14.1. The Balaban J connectivity index is 3.02. The van der Waals surface area contributed by atoms with Crippen LogP contribution in [0.3, 0.4) is 0 Å². The number of rotatable bonds is 4. The van der Waals surface area contributed by atoms with E-state index in [1.54, 1.807) is 12.1 Å². The van der Waals surface area contributed by atoms with Crippen molar-refractivity contribution >= 4 is 56.0 Å². The summed E-state index contributed by atoms with van der Waals surface area (Å²) in [5.41, 5.74) is 0.179. The van der Waals surface area contributed by atoms with Crippen LogP contribution in [-0.4, -0.2) is 35.4 Å². The van der Waals surface area contributed by atoms with Gasteiger partial charge in [-0.1, -0.05) is 27.5 Å². The molecule has 0 aliphatic heterocycles. The first kappa shape index (κ1) is 17.0. The number of nitrogens with zero attached hydrogens (tertiary/aromatic N) is 1. The number of amides is 1. The first-order valence-corrected chi connectivity index (χ1v) is 7.69. The molecule has 1 aromatic rings. The Kier molecular flexibility index (Phi) is 6.38. The predicted molar refractivity (Wildman–Crippen MR) is 79.9 cm³/mol. The van der Waals surface area contributed by atoms with E-state index >= 15 is 0 Å². The first-order chi connectivity index (χ1) is 8.74. The summed E-state index contributed by atoms with van der Waals surface area (Å²) < 4.78 is 37.9. The maximum atomic E-state index is 12.4. The molecule has 0 aliphatic carbocycles. The second-order valence-corrected chi connectivity index (χ2v) is 6.05. The third kappa shape index (κ3) is 5.47. The van der Waals surface area contributed by atoms with Crippen molar-refractivity contribution in [1.29, 1.82) is 0 Å². The number of carbonyl (C=O) groups is 1. The zero-order valence-electron chi connectivity index (χ0n) is 9.48. The molecule has 0 spiro atoms. The number of carbonyl (C=O) groups excluding carboxylic acids is 1. The summed E-state index contributed by atoms with van der Waals surface area (Å²) in [6.07, 6.45) is -4.43. The van der Waals surface area contributed by atoms with Gasteiger partial charge >= 0.3 is 6.18 Å². The van der Waals surface area contributed by atoms with Crippen molar-refractivity contribution in [2.24, 2.45) is 0 Å². The zero-order chi connectivity index (χ0) is 14.6. The number of alkyl halides is 4. The van der Waals surface area contributed by atoms with Crippen LogP contribution in [0.1, 0.15) is 10.4 Å². The summed E-state index contributed by atoms with van der Waals surface area (Å²) in [6, 6.07) is 4.55. The molecule has 8 heteroatoms. The molecule has 0 bridgehead atoms. The molecule has 106 valence electrons. The summed E-state index contributed by atoms with van der Waals surface area (Å²) in [4.78, 5) is 12.9. The molecule has 1 rings (SSSR count). The lowest BCUT2D eigenvalue weighted by atomic mass is 10.2. The quantitative estimate of drug-likeness (QED) is 0.474. The van der Waals surface area contributed by atoms with Crippen molar-refractivity contribution in [3.05, 3.63) is 32.4 Å². The van der Waals surface area contributed by atoms with Gasteiger partial charge in [0, 0.05) is 20.5 Å². The van der Waals surface area contributed by atoms with Crippen molar-refractivity contribution in [3.8, 4) is 0 Å². The second kappa shape index (κ2) is 7.12. The Morgan fingerprint density at radius 3 is 2.58 bits per heavy atom. The van der Waals surface area contributed by atoms with Gasteiger partial charge in [0.05, 0.1) is 5.56 Å². The van der Waals surface area contributed by atoms with Gasteiger partial charge in [-0.05, 0) is 40.8 Å². The molecule has 0 saturated carbocycles. The lowest BCUT2D eigenvalue weighted by Gasteiger charge is -2.23. The maximum absolute atomic E-state index is 12.4. The number of benzene rings is 1. The normalized spacial score (nSPS) is 11.5. The van der Waals surface area contributed by atoms with E-state index in [1.165, 1.54) is 6.07 Å². The van der Waals surface area contributed by atoms with Gasteiger partial charge in [0.2, 0.25) is 0 Å². The minimum Gasteiger partial charge on any atom is -0.329 e. The highest BCUT2D eigenvalue weighted by atomic mass is 127. The summed E-state index contributed by atoms with van der Waals surface area (Å²) in [7, 11) is 0. The molecule has 0 radical (unpaired) electrons. The van der Waals surface area contributed by atoms with Crippen LogP contribution in [0.2, 0.25) is 5.02 Å². The smallest absolute Gasteiger partial charge is 0.329 e. The fraction of sp³-hybridized carbons (Fsp3) is 0.364. The number of hydrogen-bond acceptors (Lipinski definition) is 1. The molecule has 0 saturated heterocycles. The van der Waals surface area contributed by atoms with Crippen molar-refractivity contribution in [2.75, 3.05) is 18.4 Å². The van der Waals surface area contributed by atoms with E-state index in [-0.39, 0.29) is 17.4 Å². The average molecular weight is 470 g/mol. The van der Waals surface area contributed by atoms with Gasteiger partial charge in [-0.2, -0.15) is 13.2 Å². The zero-order valence-corrected chi connectivity index (χ0v) is 14.0. The van der Waals surface area contributed by atoms with Gasteiger partial charge < -0.3 is 4.90 Å². The van der Waals surface area contributed by atoms with Crippen molar-refractivity contribution in [2.45, 2.75) is 6.18 Å². The van der Waals surface area contributed by atoms with Crippen LogP contribution in [0.5, 0.6) is 0 Å². The van der Waals surface area contributed by atoms with E-state index < -0.39 is 18.6 Å². The first-order valence-electron chi connectivity index (χ1n) is 5.11. The molecule has 19 heavy (non-hydrogen) atoms. The van der Waals surface area contributed by atoms with E-state index in [2.05, 4.69) is 15.9 Å². The summed E-state index contributed by atoms with van der Waals surface area (Å²) in [5, 5.41) is 0.584. The number of hydrogen-bond donors (Lipinski definition) is 0. The Labute approximate surface area is 135 Å². The second-order valence-electron chi connectivity index (χ2n) is 3.66. The van der Waals surface area contributed by atoms with Gasteiger partial charge in [-0.3, -0.25) is 4.79 Å². The van der Waals surface area contributed by atoms with Crippen LogP contribution in [0.15, 0.2) is 18.2 Å². The third-order valence-electron chi connectivity index (χ3n) is 2.17. The van der Waals surface area contributed by atoms with Crippen LogP contribution in [-0.2, 0) is 0 Å². The van der Waals surface area contributed by atoms with Gasteiger partial charge in [-0.15, -0.1) is 0 Å². The molecule has 0 unspecified atom stereocenters. The van der Waals surface area contributed by atoms with Gasteiger partial charge in [0.15, 0.2) is 0 Å². The van der Waals surface area contributed by atoms with E-state index in [9.17, 15) is 18.0 Å². The van der Waals surface area contributed by atoms with E-state index in [1.807, 2.05) is 22.6 Å². The van der Waals surface area contributed by atoms with Gasteiger partial charge in [0.1, 0.15) is 6.54 Å². The molecule has 0 atom stereocenters. The monoisotopic (exact) mass is 469 g/mol.